The van der Waals surface area contributed by atoms with E-state index >= 15 is 0 Å². The number of unbranched alkanes of at least 4 members (excludes halogenated alkanes) is 18. The van der Waals surface area contributed by atoms with Crippen LogP contribution in [0.15, 0.2) is 12.1 Å². The van der Waals surface area contributed by atoms with Crippen molar-refractivity contribution in [1.82, 2.24) is 0 Å². The highest BCUT2D eigenvalue weighted by Crippen LogP contribution is 2.37. The number of rotatable bonds is 28. The lowest BCUT2D eigenvalue weighted by Gasteiger charge is -2.19. The van der Waals surface area contributed by atoms with Crippen LogP contribution in [0.1, 0.15) is 156 Å². The molecule has 0 atom stereocenters. The quantitative estimate of drug-likeness (QED) is 0.0809. The second-order valence-corrected chi connectivity index (χ2v) is 11.1. The highest BCUT2D eigenvalue weighted by Gasteiger charge is 2.21. The minimum absolute atomic E-state index is 0.377. The molecule has 0 amide bonds. The third-order valence-electron chi connectivity index (χ3n) is 7.35. The molecule has 0 aliphatic rings. The van der Waals surface area contributed by atoms with Crippen LogP contribution in [0.25, 0.3) is 0 Å². The molecule has 39 heavy (non-hydrogen) atoms. The molecule has 0 aromatic heterocycles. The van der Waals surface area contributed by atoms with Gasteiger partial charge in [0.05, 0.1) is 19.8 Å². The van der Waals surface area contributed by atoms with Crippen LogP contribution in [0.3, 0.4) is 0 Å². The normalized spacial score (nSPS) is 11.1. The number of ether oxygens (including phenoxy) is 3. The zero-order valence-electron chi connectivity index (χ0n) is 25.8. The third kappa shape index (κ3) is 18.6. The van der Waals surface area contributed by atoms with Crippen molar-refractivity contribution in [2.24, 2.45) is 0 Å². The molecule has 0 unspecified atom stereocenters. The van der Waals surface area contributed by atoms with Gasteiger partial charge in [0.25, 0.3) is 0 Å². The first-order chi connectivity index (χ1) is 19.1. The molecular weight excluding hydrogens is 487 g/mol. The molecule has 6 heteroatoms. The first-order valence-corrected chi connectivity index (χ1v) is 16.6. The Labute approximate surface area is 241 Å². The van der Waals surface area contributed by atoms with E-state index in [9.17, 15) is 10.0 Å². The Morgan fingerprint density at radius 1 is 0.462 bits per heavy atom. The molecule has 0 aliphatic carbocycles. The van der Waals surface area contributed by atoms with Crippen molar-refractivity contribution in [2.75, 3.05) is 19.8 Å². The van der Waals surface area contributed by atoms with Crippen molar-refractivity contribution in [1.29, 1.82) is 0 Å². The average Bonchev–Trinajstić information content (AvgIpc) is 2.93. The van der Waals surface area contributed by atoms with Crippen molar-refractivity contribution in [3.8, 4) is 17.2 Å². The SMILES string of the molecule is CCCCCCCCCOc1cc(B(O)O)cc(OCCCCCCCCC)c1OCCCCCCCCC. The van der Waals surface area contributed by atoms with E-state index in [2.05, 4.69) is 20.8 Å². The zero-order valence-corrected chi connectivity index (χ0v) is 25.8. The molecule has 226 valence electrons. The molecule has 0 aliphatic heterocycles. The van der Waals surface area contributed by atoms with Crippen LogP contribution >= 0.6 is 0 Å². The van der Waals surface area contributed by atoms with Crippen LogP contribution in [0.5, 0.6) is 17.2 Å². The molecule has 1 rings (SSSR count). The Morgan fingerprint density at radius 3 is 1.10 bits per heavy atom. The summed E-state index contributed by atoms with van der Waals surface area (Å²) in [6.45, 7) is 8.51. The van der Waals surface area contributed by atoms with Gasteiger partial charge in [-0.2, -0.15) is 0 Å². The summed E-state index contributed by atoms with van der Waals surface area (Å²) in [6, 6.07) is 3.40. The minimum atomic E-state index is -1.58. The molecule has 1 aromatic rings. The molecule has 5 nitrogen and oxygen atoms in total. The summed E-state index contributed by atoms with van der Waals surface area (Å²) in [7, 11) is -1.58. The van der Waals surface area contributed by atoms with Crippen molar-refractivity contribution >= 4 is 12.6 Å². The second-order valence-electron chi connectivity index (χ2n) is 11.1. The first kappa shape index (κ1) is 35.6. The van der Waals surface area contributed by atoms with Gasteiger partial charge in [-0.05, 0) is 36.9 Å². The third-order valence-corrected chi connectivity index (χ3v) is 7.35. The van der Waals surface area contributed by atoms with Gasteiger partial charge >= 0.3 is 7.12 Å². The fraction of sp³-hybridized carbons (Fsp3) is 0.818. The largest absolute Gasteiger partial charge is 0.490 e. The predicted molar refractivity (Wildman–Crippen MR) is 167 cm³/mol. The van der Waals surface area contributed by atoms with E-state index in [1.165, 1.54) is 96.3 Å². The molecule has 0 radical (unpaired) electrons. The smallest absolute Gasteiger partial charge is 0.488 e. The molecular formula is C33H61BO5. The van der Waals surface area contributed by atoms with Gasteiger partial charge in [-0.15, -0.1) is 0 Å². The lowest BCUT2D eigenvalue weighted by molar-refractivity contribution is 0.234. The maximum Gasteiger partial charge on any atom is 0.488 e. The maximum absolute atomic E-state index is 9.93. The van der Waals surface area contributed by atoms with Gasteiger partial charge in [-0.1, -0.05) is 136 Å². The van der Waals surface area contributed by atoms with E-state index in [1.54, 1.807) is 12.1 Å². The van der Waals surface area contributed by atoms with Crippen molar-refractivity contribution in [2.45, 2.75) is 156 Å². The maximum atomic E-state index is 9.93. The molecule has 0 saturated heterocycles. The van der Waals surface area contributed by atoms with Gasteiger partial charge in [0.1, 0.15) is 0 Å². The number of hydrogen-bond donors (Lipinski definition) is 2. The van der Waals surface area contributed by atoms with E-state index in [4.69, 9.17) is 14.2 Å². The van der Waals surface area contributed by atoms with Crippen LogP contribution in [-0.2, 0) is 0 Å². The molecule has 0 bridgehead atoms. The van der Waals surface area contributed by atoms with Crippen LogP contribution in [-0.4, -0.2) is 37.0 Å². The van der Waals surface area contributed by atoms with Gasteiger partial charge < -0.3 is 24.3 Å². The number of benzene rings is 1. The van der Waals surface area contributed by atoms with Gasteiger partial charge in [-0.25, -0.2) is 0 Å². The van der Waals surface area contributed by atoms with E-state index in [-0.39, 0.29) is 0 Å². The average molecular weight is 549 g/mol. The van der Waals surface area contributed by atoms with Gasteiger partial charge in [-0.3, -0.25) is 0 Å². The standard InChI is InChI=1S/C33H61BO5/c1-4-7-10-13-16-19-22-25-37-31-28-30(34(35)36)29-32(38-26-23-20-17-14-11-8-5-2)33(31)39-27-24-21-18-15-12-9-6-3/h28-29,35-36H,4-27H2,1-3H3. The molecule has 0 fully saturated rings. The summed E-state index contributed by atoms with van der Waals surface area (Å²) >= 11 is 0. The Kier molecular flexibility index (Phi) is 23.4. The van der Waals surface area contributed by atoms with Gasteiger partial charge in [0.15, 0.2) is 11.5 Å². The Bertz CT molecular complexity index is 641. The second kappa shape index (κ2) is 25.6. The monoisotopic (exact) mass is 548 g/mol. The Hall–Kier alpha value is -1.40. The first-order valence-electron chi connectivity index (χ1n) is 16.6. The Morgan fingerprint density at radius 2 is 0.769 bits per heavy atom. The Balaban J connectivity index is 2.73. The van der Waals surface area contributed by atoms with E-state index < -0.39 is 7.12 Å². The topological polar surface area (TPSA) is 68.2 Å². The highest BCUT2D eigenvalue weighted by atomic mass is 16.5. The molecule has 1 aromatic carbocycles. The fourth-order valence-electron chi connectivity index (χ4n) is 4.82. The molecule has 0 spiro atoms. The molecule has 0 heterocycles. The zero-order chi connectivity index (χ0) is 28.4. The van der Waals surface area contributed by atoms with Crippen molar-refractivity contribution in [3.05, 3.63) is 12.1 Å². The van der Waals surface area contributed by atoms with Crippen LogP contribution < -0.4 is 19.7 Å². The lowest BCUT2D eigenvalue weighted by atomic mass is 9.80. The van der Waals surface area contributed by atoms with E-state index in [0.717, 1.165) is 38.5 Å². The predicted octanol–water partition coefficient (Wildman–Crippen LogP) is 8.75. The summed E-state index contributed by atoms with van der Waals surface area (Å²) in [6.07, 6.45) is 25.6. The van der Waals surface area contributed by atoms with Crippen molar-refractivity contribution < 1.29 is 24.3 Å². The summed E-state index contributed by atoms with van der Waals surface area (Å²) in [4.78, 5) is 0. The summed E-state index contributed by atoms with van der Waals surface area (Å²) in [5.41, 5.74) is 0.377. The van der Waals surface area contributed by atoms with E-state index in [1.807, 2.05) is 0 Å². The lowest BCUT2D eigenvalue weighted by Crippen LogP contribution is -2.30. The summed E-state index contributed by atoms with van der Waals surface area (Å²) in [5, 5.41) is 19.9. The summed E-state index contributed by atoms with van der Waals surface area (Å²) in [5.74, 6) is 1.73. The van der Waals surface area contributed by atoms with Gasteiger partial charge in [0.2, 0.25) is 5.75 Å². The van der Waals surface area contributed by atoms with Crippen LogP contribution in [0.2, 0.25) is 0 Å². The van der Waals surface area contributed by atoms with Gasteiger partial charge in [0, 0.05) is 0 Å². The highest BCUT2D eigenvalue weighted by molar-refractivity contribution is 6.58. The van der Waals surface area contributed by atoms with Crippen LogP contribution in [0, 0.1) is 0 Å². The molecule has 2 N–H and O–H groups in total. The van der Waals surface area contributed by atoms with E-state index in [0.29, 0.717) is 42.5 Å². The van der Waals surface area contributed by atoms with Crippen molar-refractivity contribution in [3.63, 3.8) is 0 Å². The molecule has 0 saturated carbocycles. The fourth-order valence-corrected chi connectivity index (χ4v) is 4.82. The van der Waals surface area contributed by atoms with Crippen LogP contribution in [0.4, 0.5) is 0 Å². The minimum Gasteiger partial charge on any atom is -0.490 e. The number of hydrogen-bond acceptors (Lipinski definition) is 5. The summed E-state index contributed by atoms with van der Waals surface area (Å²) < 4.78 is 18.6.